The Bertz CT molecular complexity index is 509. The summed E-state index contributed by atoms with van der Waals surface area (Å²) < 4.78 is 6.18. The van der Waals surface area contributed by atoms with Gasteiger partial charge in [-0.2, -0.15) is 0 Å². The van der Waals surface area contributed by atoms with Crippen molar-refractivity contribution in [2.24, 2.45) is 0 Å². The van der Waals surface area contributed by atoms with Gasteiger partial charge in [-0.25, -0.2) is 4.79 Å². The van der Waals surface area contributed by atoms with E-state index in [0.717, 1.165) is 16.7 Å². The maximum atomic E-state index is 11.5. The molecule has 0 saturated heterocycles. The molecule has 2 rings (SSSR count). The minimum atomic E-state index is -0.187. The van der Waals surface area contributed by atoms with E-state index in [-0.39, 0.29) is 6.03 Å². The number of carbonyl (C=O) groups excluding carboxylic acids is 1. The van der Waals surface area contributed by atoms with Crippen LogP contribution in [-0.2, 0) is 13.0 Å². The average Bonchev–Trinajstić information content (AvgIpc) is 2.92. The Morgan fingerprint density at radius 3 is 2.63 bits per heavy atom. The lowest BCUT2D eigenvalue weighted by molar-refractivity contribution is 0.239. The molecule has 1 heterocycles. The molecule has 100 valence electrons. The molecule has 1 aromatic heterocycles. The quantitative estimate of drug-likeness (QED) is 0.888. The van der Waals surface area contributed by atoms with E-state index in [0.29, 0.717) is 13.1 Å². The van der Waals surface area contributed by atoms with Gasteiger partial charge in [-0.3, -0.25) is 0 Å². The molecule has 1 aromatic carbocycles. The van der Waals surface area contributed by atoms with Crippen LogP contribution < -0.4 is 10.6 Å². The van der Waals surface area contributed by atoms with Crippen molar-refractivity contribution in [2.45, 2.75) is 13.0 Å². The fourth-order valence-corrected chi connectivity index (χ4v) is 1.88. The molecule has 0 saturated carbocycles. The highest BCUT2D eigenvalue weighted by Gasteiger charge is 2.01. The topological polar surface area (TPSA) is 54.3 Å². The summed E-state index contributed by atoms with van der Waals surface area (Å²) in [6, 6.07) is 11.5. The molecule has 0 atom stereocenters. The summed E-state index contributed by atoms with van der Waals surface area (Å²) in [5, 5.41) is 5.53. The van der Waals surface area contributed by atoms with Crippen LogP contribution in [0.2, 0.25) is 0 Å². The summed E-state index contributed by atoms with van der Waals surface area (Å²) in [4.78, 5) is 11.5. The van der Waals surface area contributed by atoms with Gasteiger partial charge in [0.25, 0.3) is 0 Å². The third-order valence-electron chi connectivity index (χ3n) is 2.62. The van der Waals surface area contributed by atoms with Crippen molar-refractivity contribution in [2.75, 3.05) is 6.54 Å². The summed E-state index contributed by atoms with van der Waals surface area (Å²) in [7, 11) is 0. The first kappa shape index (κ1) is 13.7. The van der Waals surface area contributed by atoms with Gasteiger partial charge in [0.05, 0.1) is 12.8 Å². The summed E-state index contributed by atoms with van der Waals surface area (Å²) in [6.07, 6.45) is 2.39. The zero-order valence-electron chi connectivity index (χ0n) is 10.4. The van der Waals surface area contributed by atoms with Gasteiger partial charge in [-0.15, -0.1) is 0 Å². The predicted octanol–water partition coefficient (Wildman–Crippen LogP) is 3.08. The molecule has 0 unspecified atom stereocenters. The second-order valence-electron chi connectivity index (χ2n) is 4.07. The largest absolute Gasteiger partial charge is 0.467 e. The molecule has 4 nitrogen and oxygen atoms in total. The van der Waals surface area contributed by atoms with Crippen LogP contribution in [0.5, 0.6) is 0 Å². The van der Waals surface area contributed by atoms with Crippen LogP contribution in [0.15, 0.2) is 51.6 Å². The molecule has 0 spiro atoms. The van der Waals surface area contributed by atoms with E-state index < -0.39 is 0 Å². The number of carbonyl (C=O) groups is 1. The van der Waals surface area contributed by atoms with Crippen LogP contribution in [0.1, 0.15) is 11.3 Å². The number of rotatable bonds is 5. The standard InChI is InChI=1S/C14H15BrN2O2/c15-12-5-3-11(4-6-12)7-8-16-14(18)17-10-13-2-1-9-19-13/h1-6,9H,7-8,10H2,(H2,16,17,18). The number of nitrogens with one attached hydrogen (secondary N) is 2. The maximum absolute atomic E-state index is 11.5. The Balaban J connectivity index is 1.65. The Labute approximate surface area is 120 Å². The molecular weight excluding hydrogens is 308 g/mol. The smallest absolute Gasteiger partial charge is 0.315 e. The van der Waals surface area contributed by atoms with Crippen LogP contribution in [0.4, 0.5) is 4.79 Å². The van der Waals surface area contributed by atoms with Crippen molar-refractivity contribution in [3.63, 3.8) is 0 Å². The zero-order valence-corrected chi connectivity index (χ0v) is 11.9. The van der Waals surface area contributed by atoms with Gasteiger partial charge in [0, 0.05) is 11.0 Å². The molecule has 0 radical (unpaired) electrons. The molecule has 19 heavy (non-hydrogen) atoms. The van der Waals surface area contributed by atoms with Crippen LogP contribution in [0.3, 0.4) is 0 Å². The minimum absolute atomic E-state index is 0.187. The van der Waals surface area contributed by atoms with Crippen molar-refractivity contribution in [1.82, 2.24) is 10.6 Å². The highest BCUT2D eigenvalue weighted by molar-refractivity contribution is 9.10. The molecule has 0 aliphatic carbocycles. The summed E-state index contributed by atoms with van der Waals surface area (Å²) >= 11 is 3.39. The number of hydrogen-bond donors (Lipinski definition) is 2. The summed E-state index contributed by atoms with van der Waals surface area (Å²) in [6.45, 7) is 1.00. The van der Waals surface area contributed by atoms with Gasteiger partial charge in [-0.05, 0) is 36.2 Å². The minimum Gasteiger partial charge on any atom is -0.467 e. The lowest BCUT2D eigenvalue weighted by Gasteiger charge is -2.06. The summed E-state index contributed by atoms with van der Waals surface area (Å²) in [5.74, 6) is 0.739. The lowest BCUT2D eigenvalue weighted by Crippen LogP contribution is -2.36. The van der Waals surface area contributed by atoms with E-state index in [1.165, 1.54) is 5.56 Å². The van der Waals surface area contributed by atoms with Crippen molar-refractivity contribution in [3.05, 3.63) is 58.5 Å². The van der Waals surface area contributed by atoms with Gasteiger partial charge in [0.2, 0.25) is 0 Å². The van der Waals surface area contributed by atoms with Gasteiger partial charge in [0.1, 0.15) is 5.76 Å². The first-order chi connectivity index (χ1) is 9.24. The van der Waals surface area contributed by atoms with Crippen LogP contribution in [0, 0.1) is 0 Å². The van der Waals surface area contributed by atoms with Crippen molar-refractivity contribution >= 4 is 22.0 Å². The fourth-order valence-electron chi connectivity index (χ4n) is 1.61. The van der Waals surface area contributed by atoms with E-state index >= 15 is 0 Å². The molecule has 0 aliphatic rings. The zero-order chi connectivity index (χ0) is 13.5. The number of amides is 2. The normalized spacial score (nSPS) is 10.2. The fraction of sp³-hybridized carbons (Fsp3) is 0.214. The number of benzene rings is 1. The lowest BCUT2D eigenvalue weighted by atomic mass is 10.1. The van der Waals surface area contributed by atoms with E-state index in [1.807, 2.05) is 30.3 Å². The molecule has 0 aliphatic heterocycles. The maximum Gasteiger partial charge on any atom is 0.315 e. The van der Waals surface area contributed by atoms with Gasteiger partial charge < -0.3 is 15.1 Å². The molecule has 2 N–H and O–H groups in total. The third kappa shape index (κ3) is 4.79. The van der Waals surface area contributed by atoms with Crippen LogP contribution in [0.25, 0.3) is 0 Å². The Kier molecular flexibility index (Phi) is 5.03. The third-order valence-corrected chi connectivity index (χ3v) is 3.14. The van der Waals surface area contributed by atoms with Gasteiger partial charge in [0.15, 0.2) is 0 Å². The van der Waals surface area contributed by atoms with Crippen LogP contribution in [-0.4, -0.2) is 12.6 Å². The van der Waals surface area contributed by atoms with Gasteiger partial charge in [-0.1, -0.05) is 28.1 Å². The Hall–Kier alpha value is -1.75. The number of halogens is 1. The number of furan rings is 1. The molecule has 2 aromatic rings. The Morgan fingerprint density at radius 2 is 1.95 bits per heavy atom. The highest BCUT2D eigenvalue weighted by atomic mass is 79.9. The molecule has 0 fully saturated rings. The molecule has 5 heteroatoms. The van der Waals surface area contributed by atoms with E-state index in [1.54, 1.807) is 12.3 Å². The first-order valence-electron chi connectivity index (χ1n) is 6.02. The predicted molar refractivity (Wildman–Crippen MR) is 76.8 cm³/mol. The molecule has 0 bridgehead atoms. The van der Waals surface area contributed by atoms with Crippen LogP contribution >= 0.6 is 15.9 Å². The van der Waals surface area contributed by atoms with Crippen molar-refractivity contribution in [1.29, 1.82) is 0 Å². The molecular formula is C14H15BrN2O2. The SMILES string of the molecule is O=C(NCCc1ccc(Br)cc1)NCc1ccco1. The average molecular weight is 323 g/mol. The van der Waals surface area contributed by atoms with Crippen molar-refractivity contribution < 1.29 is 9.21 Å². The monoisotopic (exact) mass is 322 g/mol. The Morgan fingerprint density at radius 1 is 1.16 bits per heavy atom. The molecule has 2 amide bonds. The number of hydrogen-bond acceptors (Lipinski definition) is 2. The second-order valence-corrected chi connectivity index (χ2v) is 4.98. The van der Waals surface area contributed by atoms with E-state index in [4.69, 9.17) is 4.42 Å². The van der Waals surface area contributed by atoms with E-state index in [2.05, 4.69) is 26.6 Å². The van der Waals surface area contributed by atoms with Gasteiger partial charge >= 0.3 is 6.03 Å². The summed E-state index contributed by atoms with van der Waals surface area (Å²) in [5.41, 5.74) is 1.19. The first-order valence-corrected chi connectivity index (χ1v) is 6.82. The highest BCUT2D eigenvalue weighted by Crippen LogP contribution is 2.10. The van der Waals surface area contributed by atoms with E-state index in [9.17, 15) is 4.79 Å². The second kappa shape index (κ2) is 6.99. The number of urea groups is 1. The van der Waals surface area contributed by atoms with Crippen molar-refractivity contribution in [3.8, 4) is 0 Å².